The summed E-state index contributed by atoms with van der Waals surface area (Å²) in [4.78, 5) is 13.8. The molecule has 1 aliphatic rings. The average molecular weight is 297 g/mol. The Hall–Kier alpha value is -1.40. The second-order valence-electron chi connectivity index (χ2n) is 4.93. The van der Waals surface area contributed by atoms with Crippen LogP contribution < -0.4 is 0 Å². The summed E-state index contributed by atoms with van der Waals surface area (Å²) in [5.74, 6) is 0.0817. The van der Waals surface area contributed by atoms with Gasteiger partial charge in [-0.05, 0) is 24.6 Å². The molecule has 1 heterocycles. The first kappa shape index (κ1) is 15.0. The van der Waals surface area contributed by atoms with Gasteiger partial charge in [0.2, 0.25) is 0 Å². The molecule has 0 aromatic heterocycles. The summed E-state index contributed by atoms with van der Waals surface area (Å²) in [7, 11) is -1.55. The van der Waals surface area contributed by atoms with Crippen molar-refractivity contribution in [1.29, 1.82) is 0 Å². The molecule has 0 saturated carbocycles. The number of carbonyl (C=O) groups is 1. The summed E-state index contributed by atoms with van der Waals surface area (Å²) in [6.07, 6.45) is 0.642. The highest BCUT2D eigenvalue weighted by atomic mass is 32.2. The lowest BCUT2D eigenvalue weighted by molar-refractivity contribution is 0.0598. The summed E-state index contributed by atoms with van der Waals surface area (Å²) in [6, 6.07) is 7.28. The summed E-state index contributed by atoms with van der Waals surface area (Å²) in [5.41, 5.74) is 1.42. The van der Waals surface area contributed by atoms with Crippen LogP contribution in [0.15, 0.2) is 24.3 Å². The Morgan fingerprint density at radius 2 is 2.00 bits per heavy atom. The molecule has 110 valence electrons. The molecule has 0 N–H and O–H groups in total. The van der Waals surface area contributed by atoms with Crippen molar-refractivity contribution in [2.75, 3.05) is 31.7 Å². The molecule has 0 aliphatic carbocycles. The smallest absolute Gasteiger partial charge is 0.338 e. The Labute approximate surface area is 119 Å². The van der Waals surface area contributed by atoms with Gasteiger partial charge >= 0.3 is 5.97 Å². The minimum atomic E-state index is -2.91. The monoisotopic (exact) mass is 297 g/mol. The highest BCUT2D eigenvalue weighted by Crippen LogP contribution is 2.15. The van der Waals surface area contributed by atoms with Crippen LogP contribution >= 0.6 is 0 Å². The molecule has 6 heteroatoms. The SMILES string of the molecule is COC(=O)c1ccccc1CN1CCCS(=O)(=O)CC1. The average Bonchev–Trinajstić information content (AvgIpc) is 2.60. The predicted molar refractivity (Wildman–Crippen MR) is 76.3 cm³/mol. The van der Waals surface area contributed by atoms with Gasteiger partial charge in [-0.25, -0.2) is 13.2 Å². The summed E-state index contributed by atoms with van der Waals surface area (Å²) in [5, 5.41) is 0. The number of rotatable bonds is 3. The van der Waals surface area contributed by atoms with Crippen LogP contribution in [0.3, 0.4) is 0 Å². The molecule has 1 aromatic carbocycles. The number of hydrogen-bond acceptors (Lipinski definition) is 5. The summed E-state index contributed by atoms with van der Waals surface area (Å²) >= 11 is 0. The largest absolute Gasteiger partial charge is 0.465 e. The number of hydrogen-bond donors (Lipinski definition) is 0. The highest BCUT2D eigenvalue weighted by Gasteiger charge is 2.20. The third kappa shape index (κ3) is 3.80. The Balaban J connectivity index is 2.12. The molecule has 0 spiro atoms. The van der Waals surface area contributed by atoms with Crippen LogP contribution in [0.2, 0.25) is 0 Å². The number of benzene rings is 1. The third-order valence-electron chi connectivity index (χ3n) is 3.46. The normalized spacial score (nSPS) is 19.2. The molecule has 1 fully saturated rings. The Morgan fingerprint density at radius 1 is 1.25 bits per heavy atom. The van der Waals surface area contributed by atoms with E-state index in [1.165, 1.54) is 7.11 Å². The van der Waals surface area contributed by atoms with Gasteiger partial charge < -0.3 is 4.74 Å². The number of carbonyl (C=O) groups excluding carboxylic acids is 1. The molecular weight excluding hydrogens is 278 g/mol. The van der Waals surface area contributed by atoms with E-state index in [4.69, 9.17) is 4.74 Å². The number of sulfone groups is 1. The topological polar surface area (TPSA) is 63.7 Å². The lowest BCUT2D eigenvalue weighted by Gasteiger charge is -2.20. The molecule has 0 radical (unpaired) electrons. The van der Waals surface area contributed by atoms with Crippen molar-refractivity contribution in [2.45, 2.75) is 13.0 Å². The maximum Gasteiger partial charge on any atom is 0.338 e. The van der Waals surface area contributed by atoms with Crippen molar-refractivity contribution in [2.24, 2.45) is 0 Å². The van der Waals surface area contributed by atoms with Crippen molar-refractivity contribution < 1.29 is 17.9 Å². The van der Waals surface area contributed by atoms with E-state index in [0.29, 0.717) is 25.1 Å². The zero-order valence-corrected chi connectivity index (χ0v) is 12.4. The first-order chi connectivity index (χ1) is 9.52. The number of ether oxygens (including phenoxy) is 1. The van der Waals surface area contributed by atoms with Crippen LogP contribution in [0.1, 0.15) is 22.3 Å². The van der Waals surface area contributed by atoms with Gasteiger partial charge in [0.25, 0.3) is 0 Å². The van der Waals surface area contributed by atoms with E-state index in [1.807, 2.05) is 12.1 Å². The third-order valence-corrected chi connectivity index (χ3v) is 5.18. The Morgan fingerprint density at radius 3 is 2.75 bits per heavy atom. The van der Waals surface area contributed by atoms with E-state index >= 15 is 0 Å². The minimum Gasteiger partial charge on any atom is -0.465 e. The van der Waals surface area contributed by atoms with Gasteiger partial charge in [-0.2, -0.15) is 0 Å². The van der Waals surface area contributed by atoms with Gasteiger partial charge in [0.1, 0.15) is 0 Å². The van der Waals surface area contributed by atoms with E-state index < -0.39 is 9.84 Å². The molecule has 1 saturated heterocycles. The van der Waals surface area contributed by atoms with Crippen LogP contribution in [0.25, 0.3) is 0 Å². The molecule has 0 bridgehead atoms. The first-order valence-electron chi connectivity index (χ1n) is 6.61. The van der Waals surface area contributed by atoms with Gasteiger partial charge in [0.05, 0.1) is 24.2 Å². The fraction of sp³-hybridized carbons (Fsp3) is 0.500. The molecule has 1 aromatic rings. The summed E-state index contributed by atoms with van der Waals surface area (Å²) < 4.78 is 27.9. The molecular formula is C14H19NO4S. The molecule has 1 aliphatic heterocycles. The van der Waals surface area contributed by atoms with Crippen LogP contribution in [0, 0.1) is 0 Å². The van der Waals surface area contributed by atoms with Crippen LogP contribution in [0.4, 0.5) is 0 Å². The van der Waals surface area contributed by atoms with Gasteiger partial charge in [0, 0.05) is 13.1 Å². The first-order valence-corrected chi connectivity index (χ1v) is 8.43. The zero-order chi connectivity index (χ0) is 14.6. The van der Waals surface area contributed by atoms with E-state index in [9.17, 15) is 13.2 Å². The predicted octanol–water partition coefficient (Wildman–Crippen LogP) is 1.09. The Bertz CT molecular complexity index is 583. The molecule has 2 rings (SSSR count). The van der Waals surface area contributed by atoms with Gasteiger partial charge in [0.15, 0.2) is 9.84 Å². The van der Waals surface area contributed by atoms with E-state index in [0.717, 1.165) is 12.1 Å². The van der Waals surface area contributed by atoms with E-state index in [1.54, 1.807) is 12.1 Å². The van der Waals surface area contributed by atoms with Gasteiger partial charge in [-0.15, -0.1) is 0 Å². The number of methoxy groups -OCH3 is 1. The minimum absolute atomic E-state index is 0.188. The van der Waals surface area contributed by atoms with E-state index in [2.05, 4.69) is 4.90 Å². The number of nitrogens with zero attached hydrogens (tertiary/aromatic N) is 1. The quantitative estimate of drug-likeness (QED) is 0.782. The maximum absolute atomic E-state index is 11.7. The van der Waals surface area contributed by atoms with Crippen molar-refractivity contribution in [1.82, 2.24) is 4.90 Å². The highest BCUT2D eigenvalue weighted by molar-refractivity contribution is 7.91. The fourth-order valence-electron chi connectivity index (χ4n) is 2.36. The number of esters is 1. The molecule has 0 amide bonds. The molecule has 0 atom stereocenters. The van der Waals surface area contributed by atoms with Gasteiger partial charge in [-0.1, -0.05) is 18.2 Å². The van der Waals surface area contributed by atoms with Crippen LogP contribution in [-0.4, -0.2) is 51.0 Å². The summed E-state index contributed by atoms with van der Waals surface area (Å²) in [6.45, 7) is 1.81. The van der Waals surface area contributed by atoms with Crippen molar-refractivity contribution in [3.8, 4) is 0 Å². The second-order valence-corrected chi connectivity index (χ2v) is 7.23. The van der Waals surface area contributed by atoms with E-state index in [-0.39, 0.29) is 17.5 Å². The molecule has 5 nitrogen and oxygen atoms in total. The molecule has 20 heavy (non-hydrogen) atoms. The maximum atomic E-state index is 11.7. The second kappa shape index (κ2) is 6.37. The molecule has 0 unspecified atom stereocenters. The standard InChI is InChI=1S/C14H19NO4S/c1-19-14(16)13-6-3-2-5-12(13)11-15-7-4-9-20(17,18)10-8-15/h2-3,5-6H,4,7-11H2,1H3. The zero-order valence-electron chi connectivity index (χ0n) is 11.5. The van der Waals surface area contributed by atoms with Gasteiger partial charge in [-0.3, -0.25) is 4.90 Å². The van der Waals surface area contributed by atoms with Crippen molar-refractivity contribution >= 4 is 15.8 Å². The van der Waals surface area contributed by atoms with Crippen LogP contribution in [0.5, 0.6) is 0 Å². The van der Waals surface area contributed by atoms with Crippen molar-refractivity contribution in [3.05, 3.63) is 35.4 Å². The van der Waals surface area contributed by atoms with Crippen LogP contribution in [-0.2, 0) is 21.1 Å². The lowest BCUT2D eigenvalue weighted by Crippen LogP contribution is -2.27. The lowest BCUT2D eigenvalue weighted by atomic mass is 10.1. The fourth-order valence-corrected chi connectivity index (χ4v) is 3.67. The van der Waals surface area contributed by atoms with Crippen molar-refractivity contribution in [3.63, 3.8) is 0 Å². The Kier molecular flexibility index (Phi) is 4.77.